The lowest BCUT2D eigenvalue weighted by Gasteiger charge is -2.22. The van der Waals surface area contributed by atoms with E-state index in [2.05, 4.69) is 5.32 Å². The van der Waals surface area contributed by atoms with Crippen molar-refractivity contribution in [1.29, 1.82) is 0 Å². The van der Waals surface area contributed by atoms with Crippen molar-refractivity contribution in [2.45, 2.75) is 25.4 Å². The number of nitrogens with one attached hydrogen (secondary N) is 1. The van der Waals surface area contributed by atoms with E-state index in [1.54, 1.807) is 12.1 Å². The van der Waals surface area contributed by atoms with E-state index >= 15 is 0 Å². The second kappa shape index (κ2) is 9.06. The van der Waals surface area contributed by atoms with E-state index in [1.807, 2.05) is 24.3 Å². The standard InChI is InChI=1S/C23H24ClNO5/c1-28-23(27)16-4-2-14(3-5-16)20-12-18(24)10-17-11-19(30-21(17)20)13-25-22(26)15-6-8-29-9-7-15/h2-5,10,12,15,19H,6-9,11,13H2,1H3,(H,25,26)/t19-/m1/s1. The highest BCUT2D eigenvalue weighted by Crippen LogP contribution is 2.41. The molecule has 2 aliphatic heterocycles. The van der Waals surface area contributed by atoms with Crippen molar-refractivity contribution in [1.82, 2.24) is 5.32 Å². The quantitative estimate of drug-likeness (QED) is 0.734. The maximum atomic E-state index is 12.4. The van der Waals surface area contributed by atoms with E-state index in [1.165, 1.54) is 7.11 Å². The molecule has 0 aliphatic carbocycles. The Morgan fingerprint density at radius 2 is 1.90 bits per heavy atom. The lowest BCUT2D eigenvalue weighted by molar-refractivity contribution is -0.128. The van der Waals surface area contributed by atoms with Crippen molar-refractivity contribution in [2.75, 3.05) is 26.9 Å². The number of hydrogen-bond acceptors (Lipinski definition) is 5. The van der Waals surface area contributed by atoms with Gasteiger partial charge in [0.15, 0.2) is 0 Å². The number of hydrogen-bond donors (Lipinski definition) is 1. The van der Waals surface area contributed by atoms with Crippen molar-refractivity contribution in [3.63, 3.8) is 0 Å². The van der Waals surface area contributed by atoms with Gasteiger partial charge in [-0.3, -0.25) is 4.79 Å². The van der Waals surface area contributed by atoms with E-state index in [0.717, 1.165) is 35.3 Å². The topological polar surface area (TPSA) is 73.9 Å². The van der Waals surface area contributed by atoms with Gasteiger partial charge in [-0.05, 0) is 42.7 Å². The molecule has 1 saturated heterocycles. The normalized spacial score (nSPS) is 18.4. The zero-order valence-electron chi connectivity index (χ0n) is 16.8. The summed E-state index contributed by atoms with van der Waals surface area (Å²) in [7, 11) is 1.36. The highest BCUT2D eigenvalue weighted by Gasteiger charge is 2.28. The molecule has 2 aromatic rings. The van der Waals surface area contributed by atoms with Crippen LogP contribution < -0.4 is 10.1 Å². The number of amides is 1. The van der Waals surface area contributed by atoms with Gasteiger partial charge in [0.05, 0.1) is 19.2 Å². The molecule has 2 heterocycles. The third-order valence-corrected chi connectivity index (χ3v) is 5.79. The molecule has 7 heteroatoms. The molecule has 0 radical (unpaired) electrons. The lowest BCUT2D eigenvalue weighted by Crippen LogP contribution is -2.39. The zero-order chi connectivity index (χ0) is 21.1. The van der Waals surface area contributed by atoms with Gasteiger partial charge in [0.25, 0.3) is 0 Å². The summed E-state index contributed by atoms with van der Waals surface area (Å²) in [5, 5.41) is 3.65. The van der Waals surface area contributed by atoms with E-state index < -0.39 is 0 Å². The largest absolute Gasteiger partial charge is 0.487 e. The molecule has 1 fully saturated rings. The van der Waals surface area contributed by atoms with E-state index in [4.69, 9.17) is 25.8 Å². The summed E-state index contributed by atoms with van der Waals surface area (Å²) in [6.07, 6.45) is 2.06. The summed E-state index contributed by atoms with van der Waals surface area (Å²) in [6, 6.07) is 10.9. The minimum Gasteiger partial charge on any atom is -0.487 e. The van der Waals surface area contributed by atoms with Crippen LogP contribution in [-0.2, 0) is 20.7 Å². The first-order valence-electron chi connectivity index (χ1n) is 10.1. The number of carbonyl (C=O) groups is 2. The fourth-order valence-electron chi connectivity index (χ4n) is 3.95. The molecule has 1 N–H and O–H groups in total. The van der Waals surface area contributed by atoms with Gasteiger partial charge >= 0.3 is 5.97 Å². The molecule has 2 aromatic carbocycles. The molecule has 2 aliphatic rings. The number of benzene rings is 2. The molecule has 0 saturated carbocycles. The smallest absolute Gasteiger partial charge is 0.337 e. The number of carbonyl (C=O) groups excluding carboxylic acids is 2. The van der Waals surface area contributed by atoms with Crippen LogP contribution >= 0.6 is 11.6 Å². The SMILES string of the molecule is COC(=O)c1ccc(-c2cc(Cl)cc3c2O[C@@H](CNC(=O)C2CCOCC2)C3)cc1. The average Bonchev–Trinajstić information content (AvgIpc) is 3.19. The first kappa shape index (κ1) is 20.7. The van der Waals surface area contributed by atoms with Gasteiger partial charge in [-0.15, -0.1) is 0 Å². The maximum absolute atomic E-state index is 12.4. The molecule has 158 valence electrons. The van der Waals surface area contributed by atoms with Crippen LogP contribution in [0.3, 0.4) is 0 Å². The molecule has 1 amide bonds. The second-order valence-corrected chi connectivity index (χ2v) is 8.02. The van der Waals surface area contributed by atoms with Gasteiger partial charge in [0, 0.05) is 41.7 Å². The summed E-state index contributed by atoms with van der Waals surface area (Å²) in [6.45, 7) is 1.73. The van der Waals surface area contributed by atoms with Crippen molar-refractivity contribution < 1.29 is 23.8 Å². The van der Waals surface area contributed by atoms with Crippen molar-refractivity contribution in [2.24, 2.45) is 5.92 Å². The number of fused-ring (bicyclic) bond motifs is 1. The minimum absolute atomic E-state index is 0.0147. The number of methoxy groups -OCH3 is 1. The van der Waals surface area contributed by atoms with Crippen molar-refractivity contribution >= 4 is 23.5 Å². The highest BCUT2D eigenvalue weighted by molar-refractivity contribution is 6.31. The highest BCUT2D eigenvalue weighted by atomic mass is 35.5. The van der Waals surface area contributed by atoms with Crippen molar-refractivity contribution in [3.05, 3.63) is 52.5 Å². The average molecular weight is 430 g/mol. The number of ether oxygens (including phenoxy) is 3. The third kappa shape index (κ3) is 4.45. The molecule has 6 nitrogen and oxygen atoms in total. The van der Waals surface area contributed by atoms with Gasteiger partial charge in [-0.25, -0.2) is 4.79 Å². The molecule has 4 rings (SSSR count). The Balaban J connectivity index is 1.46. The van der Waals surface area contributed by atoms with E-state index in [0.29, 0.717) is 36.8 Å². The summed E-state index contributed by atoms with van der Waals surface area (Å²) in [4.78, 5) is 24.1. The van der Waals surface area contributed by atoms with E-state index in [-0.39, 0.29) is 23.9 Å². The Kier molecular flexibility index (Phi) is 6.25. The maximum Gasteiger partial charge on any atom is 0.337 e. The Morgan fingerprint density at radius 3 is 2.60 bits per heavy atom. The summed E-state index contributed by atoms with van der Waals surface area (Å²) in [5.41, 5.74) is 3.26. The predicted molar refractivity (Wildman–Crippen MR) is 113 cm³/mol. The molecule has 1 atom stereocenters. The van der Waals surface area contributed by atoms with Crippen LogP contribution in [0.2, 0.25) is 5.02 Å². The summed E-state index contributed by atoms with van der Waals surface area (Å²) >= 11 is 6.35. The molecule has 0 bridgehead atoms. The Morgan fingerprint density at radius 1 is 1.17 bits per heavy atom. The van der Waals surface area contributed by atoms with Crippen LogP contribution in [0, 0.1) is 5.92 Å². The molecule has 0 unspecified atom stereocenters. The fourth-order valence-corrected chi connectivity index (χ4v) is 4.19. The van der Waals surface area contributed by atoms with Crippen LogP contribution in [0.25, 0.3) is 11.1 Å². The Hall–Kier alpha value is -2.57. The molecule has 0 aromatic heterocycles. The van der Waals surface area contributed by atoms with Crippen LogP contribution in [-0.4, -0.2) is 44.8 Å². The number of esters is 1. The van der Waals surface area contributed by atoms with Gasteiger partial charge < -0.3 is 19.5 Å². The number of rotatable bonds is 5. The van der Waals surface area contributed by atoms with Crippen LogP contribution in [0.4, 0.5) is 0 Å². The zero-order valence-corrected chi connectivity index (χ0v) is 17.5. The van der Waals surface area contributed by atoms with E-state index in [9.17, 15) is 9.59 Å². The molecular formula is C23H24ClNO5. The Bertz CT molecular complexity index is 937. The molecule has 0 spiro atoms. The lowest BCUT2D eigenvalue weighted by atomic mass is 9.99. The molecule has 30 heavy (non-hydrogen) atoms. The van der Waals surface area contributed by atoms with Gasteiger partial charge in [-0.2, -0.15) is 0 Å². The van der Waals surface area contributed by atoms with Crippen LogP contribution in [0.1, 0.15) is 28.8 Å². The van der Waals surface area contributed by atoms with Gasteiger partial charge in [0.2, 0.25) is 5.91 Å². The Labute approximate surface area is 180 Å². The summed E-state index contributed by atoms with van der Waals surface area (Å²) in [5.74, 6) is 0.473. The van der Waals surface area contributed by atoms with Crippen molar-refractivity contribution in [3.8, 4) is 16.9 Å². The van der Waals surface area contributed by atoms with Gasteiger partial charge in [-0.1, -0.05) is 23.7 Å². The third-order valence-electron chi connectivity index (χ3n) is 5.58. The first-order chi connectivity index (χ1) is 14.5. The molecular weight excluding hydrogens is 406 g/mol. The summed E-state index contributed by atoms with van der Waals surface area (Å²) < 4.78 is 16.3. The second-order valence-electron chi connectivity index (χ2n) is 7.59. The monoisotopic (exact) mass is 429 g/mol. The van der Waals surface area contributed by atoms with Crippen LogP contribution in [0.5, 0.6) is 5.75 Å². The fraction of sp³-hybridized carbons (Fsp3) is 0.391. The van der Waals surface area contributed by atoms with Gasteiger partial charge in [0.1, 0.15) is 11.9 Å². The van der Waals surface area contributed by atoms with Crippen LogP contribution in [0.15, 0.2) is 36.4 Å². The number of halogens is 1. The minimum atomic E-state index is -0.380. The predicted octanol–water partition coefficient (Wildman–Crippen LogP) is 3.64. The first-order valence-corrected chi connectivity index (χ1v) is 10.5.